The first-order valence-corrected chi connectivity index (χ1v) is 16.8. The van der Waals surface area contributed by atoms with Crippen LogP contribution < -0.4 is 14.5 Å². The first-order valence-electron chi connectivity index (χ1n) is 16.8. The molecular weight excluding hydrogens is 700 g/mol. The molecule has 55 heavy (non-hydrogen) atoms. The number of nitrogens with zero attached hydrogens (tertiary/aromatic N) is 2. The molecule has 264 valence electrons. The summed E-state index contributed by atoms with van der Waals surface area (Å²) in [6, 6.07) is 36.1. The summed E-state index contributed by atoms with van der Waals surface area (Å²) in [6.45, 7) is 0. The number of amides is 4. The summed E-state index contributed by atoms with van der Waals surface area (Å²) in [5, 5.41) is 0. The summed E-state index contributed by atoms with van der Waals surface area (Å²) in [4.78, 5) is 106. The number of rotatable bonds is 10. The van der Waals surface area contributed by atoms with Crippen LogP contribution in [0.25, 0.3) is 0 Å². The van der Waals surface area contributed by atoms with Gasteiger partial charge in [-0.05, 0) is 78.9 Å². The van der Waals surface area contributed by atoms with Crippen molar-refractivity contribution in [3.05, 3.63) is 190 Å². The quantitative estimate of drug-likeness (QED) is 0.0811. The lowest BCUT2D eigenvalue weighted by molar-refractivity contribution is 0.0817. The highest BCUT2D eigenvalue weighted by Gasteiger charge is 2.39. The van der Waals surface area contributed by atoms with Crippen LogP contribution in [0.15, 0.2) is 146 Å². The van der Waals surface area contributed by atoms with Gasteiger partial charge in [-0.2, -0.15) is 0 Å². The molecule has 0 atom stereocenters. The third-order valence-electron chi connectivity index (χ3n) is 9.21. The van der Waals surface area contributed by atoms with Crippen molar-refractivity contribution < 1.29 is 43.1 Å². The van der Waals surface area contributed by atoms with E-state index in [0.29, 0.717) is 5.75 Å². The van der Waals surface area contributed by atoms with Crippen LogP contribution in [-0.4, -0.2) is 46.8 Å². The maximum Gasteiger partial charge on any atom is 0.266 e. The van der Waals surface area contributed by atoms with E-state index in [-0.39, 0.29) is 61.6 Å². The molecular formula is C44H24N2O9. The predicted octanol–water partition coefficient (Wildman–Crippen LogP) is 7.21. The molecule has 2 aliphatic heterocycles. The Bertz CT molecular complexity index is 2650. The van der Waals surface area contributed by atoms with E-state index in [0.717, 1.165) is 9.80 Å². The Morgan fingerprint density at radius 3 is 1.22 bits per heavy atom. The summed E-state index contributed by atoms with van der Waals surface area (Å²) < 4.78 is 5.95. The number of benzene rings is 6. The first-order chi connectivity index (χ1) is 26.6. The molecule has 0 spiro atoms. The number of fused-ring (bicyclic) bond motifs is 2. The van der Waals surface area contributed by atoms with Crippen molar-refractivity contribution in [2.45, 2.75) is 0 Å². The molecule has 0 fully saturated rings. The van der Waals surface area contributed by atoms with Crippen molar-refractivity contribution in [3.8, 4) is 11.5 Å². The van der Waals surface area contributed by atoms with Crippen LogP contribution in [0, 0.1) is 0 Å². The second kappa shape index (κ2) is 13.6. The predicted molar refractivity (Wildman–Crippen MR) is 198 cm³/mol. The van der Waals surface area contributed by atoms with Gasteiger partial charge in [0.15, 0.2) is 0 Å². The molecule has 8 rings (SSSR count). The molecule has 4 amide bonds. The number of carbonyl (C=O) groups excluding carboxylic acids is 8. The van der Waals surface area contributed by atoms with Gasteiger partial charge in [0.1, 0.15) is 11.5 Å². The lowest BCUT2D eigenvalue weighted by Gasteiger charge is -2.14. The van der Waals surface area contributed by atoms with E-state index in [4.69, 9.17) is 4.74 Å². The Kier molecular flexibility index (Phi) is 8.43. The van der Waals surface area contributed by atoms with Crippen LogP contribution >= 0.6 is 0 Å². The SMILES string of the molecule is O=C(C(=O)c1ccc(N2C(=O)c3ccc(Oc4ccc(N5C(=O)c6ccc(C(=O)C(=O)c7ccccc7)cc6C5=O)cc4)cc3C2=O)cc1)c1ccccc1. The summed E-state index contributed by atoms with van der Waals surface area (Å²) in [5.41, 5.74) is 1.30. The Morgan fingerprint density at radius 2 is 0.709 bits per heavy atom. The van der Waals surface area contributed by atoms with Crippen LogP contribution in [-0.2, 0) is 0 Å². The van der Waals surface area contributed by atoms with Crippen LogP contribution in [0.1, 0.15) is 82.9 Å². The normalized spacial score (nSPS) is 13.1. The van der Waals surface area contributed by atoms with Crippen molar-refractivity contribution in [3.63, 3.8) is 0 Å². The zero-order valence-corrected chi connectivity index (χ0v) is 28.4. The maximum absolute atomic E-state index is 13.5. The van der Waals surface area contributed by atoms with Gasteiger partial charge < -0.3 is 4.74 Å². The Morgan fingerprint density at radius 1 is 0.345 bits per heavy atom. The zero-order chi connectivity index (χ0) is 38.4. The van der Waals surface area contributed by atoms with E-state index in [2.05, 4.69) is 0 Å². The lowest BCUT2D eigenvalue weighted by atomic mass is 9.98. The lowest BCUT2D eigenvalue weighted by Crippen LogP contribution is -2.29. The van der Waals surface area contributed by atoms with Gasteiger partial charge in [-0.3, -0.25) is 38.4 Å². The van der Waals surface area contributed by atoms with E-state index in [1.54, 1.807) is 48.5 Å². The molecule has 0 N–H and O–H groups in total. The molecule has 2 aliphatic rings. The fourth-order valence-corrected chi connectivity index (χ4v) is 6.40. The third-order valence-corrected chi connectivity index (χ3v) is 9.21. The molecule has 11 nitrogen and oxygen atoms in total. The van der Waals surface area contributed by atoms with E-state index < -0.39 is 46.8 Å². The fraction of sp³-hybridized carbons (Fsp3) is 0. The zero-order valence-electron chi connectivity index (χ0n) is 28.4. The fourth-order valence-electron chi connectivity index (χ4n) is 6.40. The van der Waals surface area contributed by atoms with Crippen molar-refractivity contribution >= 4 is 58.1 Å². The van der Waals surface area contributed by atoms with Crippen LogP contribution in [0.2, 0.25) is 0 Å². The van der Waals surface area contributed by atoms with Gasteiger partial charge in [-0.15, -0.1) is 0 Å². The average Bonchev–Trinajstić information content (AvgIpc) is 3.63. The number of carbonyl (C=O) groups is 8. The molecule has 0 radical (unpaired) electrons. The topological polar surface area (TPSA) is 152 Å². The number of ether oxygens (including phenoxy) is 1. The van der Waals surface area contributed by atoms with Crippen molar-refractivity contribution in [2.24, 2.45) is 0 Å². The Balaban J connectivity index is 0.950. The van der Waals surface area contributed by atoms with Crippen LogP contribution in [0.4, 0.5) is 11.4 Å². The molecule has 0 saturated carbocycles. The van der Waals surface area contributed by atoms with Gasteiger partial charge in [0.25, 0.3) is 23.6 Å². The first kappa shape index (κ1) is 34.2. The highest BCUT2D eigenvalue weighted by molar-refractivity contribution is 6.50. The largest absolute Gasteiger partial charge is 0.457 e. The Labute approximate surface area is 312 Å². The number of hydrogen-bond donors (Lipinski definition) is 0. The summed E-state index contributed by atoms with van der Waals surface area (Å²) >= 11 is 0. The van der Waals surface area contributed by atoms with E-state index in [1.807, 2.05) is 0 Å². The molecule has 6 aromatic rings. The van der Waals surface area contributed by atoms with Gasteiger partial charge >= 0.3 is 0 Å². The van der Waals surface area contributed by atoms with Gasteiger partial charge in [-0.1, -0.05) is 66.7 Å². The molecule has 0 unspecified atom stereocenters. The van der Waals surface area contributed by atoms with Gasteiger partial charge in [0.05, 0.1) is 33.6 Å². The van der Waals surface area contributed by atoms with Crippen LogP contribution in [0.5, 0.6) is 11.5 Å². The van der Waals surface area contributed by atoms with Gasteiger partial charge in [-0.25, -0.2) is 9.80 Å². The maximum atomic E-state index is 13.5. The molecule has 2 heterocycles. The number of imide groups is 2. The second-order valence-electron chi connectivity index (χ2n) is 12.6. The number of Topliss-reactive ketones (excluding diaryl/α,β-unsaturated/α-hetero) is 4. The number of ketones is 4. The molecule has 11 heteroatoms. The molecule has 0 bridgehead atoms. The molecule has 0 aromatic heterocycles. The molecule has 6 aromatic carbocycles. The van der Waals surface area contributed by atoms with Crippen molar-refractivity contribution in [1.82, 2.24) is 0 Å². The third kappa shape index (κ3) is 6.01. The van der Waals surface area contributed by atoms with Crippen LogP contribution in [0.3, 0.4) is 0 Å². The van der Waals surface area contributed by atoms with Gasteiger partial charge in [0, 0.05) is 22.3 Å². The van der Waals surface area contributed by atoms with Crippen molar-refractivity contribution in [1.29, 1.82) is 0 Å². The molecule has 0 aliphatic carbocycles. The van der Waals surface area contributed by atoms with Gasteiger partial charge in [0.2, 0.25) is 23.1 Å². The second-order valence-corrected chi connectivity index (χ2v) is 12.6. The number of anilines is 2. The highest BCUT2D eigenvalue weighted by atomic mass is 16.5. The standard InChI is InChI=1S/C44H24N2O9/c47-37(25-7-3-1-4-8-25)39(49)27-11-14-29(15-12-27)45-42(52)34-22-20-32(24-36(34)44(45)54)55-31-18-16-30(17-19-31)46-41(51)33-21-13-28(23-35(33)43(46)53)40(50)38(48)26-9-5-2-6-10-26/h1-24H. The summed E-state index contributed by atoms with van der Waals surface area (Å²) in [6.07, 6.45) is 0. The minimum atomic E-state index is -0.806. The van der Waals surface area contributed by atoms with E-state index in [9.17, 15) is 38.4 Å². The number of hydrogen-bond acceptors (Lipinski definition) is 9. The van der Waals surface area contributed by atoms with Crippen molar-refractivity contribution in [2.75, 3.05) is 9.80 Å². The minimum absolute atomic E-state index is 0.00831. The summed E-state index contributed by atoms with van der Waals surface area (Å²) in [7, 11) is 0. The minimum Gasteiger partial charge on any atom is -0.457 e. The van der Waals surface area contributed by atoms with E-state index in [1.165, 1.54) is 97.1 Å². The van der Waals surface area contributed by atoms with E-state index >= 15 is 0 Å². The Hall–Kier alpha value is -7.92. The monoisotopic (exact) mass is 724 g/mol. The average molecular weight is 725 g/mol. The summed E-state index contributed by atoms with van der Waals surface area (Å²) in [5.74, 6) is -4.86. The smallest absolute Gasteiger partial charge is 0.266 e. The highest BCUT2D eigenvalue weighted by Crippen LogP contribution is 2.35. The molecule has 0 saturated heterocycles.